The number of nitrogens with one attached hydrogen (secondary N) is 2. The summed E-state index contributed by atoms with van der Waals surface area (Å²) in [5, 5.41) is 17.5. The van der Waals surface area contributed by atoms with Crippen molar-refractivity contribution in [3.63, 3.8) is 0 Å². The topological polar surface area (TPSA) is 105 Å². The van der Waals surface area contributed by atoms with Crippen molar-refractivity contribution in [3.8, 4) is 5.69 Å². The normalized spacial score (nSPS) is 17.7. The Morgan fingerprint density at radius 3 is 2.34 bits per heavy atom. The third-order valence-electron chi connectivity index (χ3n) is 6.08. The average Bonchev–Trinajstić information content (AvgIpc) is 3.27. The Hall–Kier alpha value is -3.37. The average molecular weight is 499 g/mol. The minimum Gasteiger partial charge on any atom is -0.372 e. The molecule has 4 rings (SSSR count). The van der Waals surface area contributed by atoms with Crippen molar-refractivity contribution in [3.05, 3.63) is 88.3 Å². The molecule has 3 aromatic rings. The van der Waals surface area contributed by atoms with Crippen LogP contribution in [0, 0.1) is 0 Å². The summed E-state index contributed by atoms with van der Waals surface area (Å²) >= 11 is 5.93. The highest BCUT2D eigenvalue weighted by atomic mass is 35.5. The van der Waals surface area contributed by atoms with Crippen LogP contribution in [0.1, 0.15) is 6.42 Å². The Morgan fingerprint density at radius 1 is 1.06 bits per heavy atom. The zero-order valence-corrected chi connectivity index (χ0v) is 20.1. The van der Waals surface area contributed by atoms with Gasteiger partial charge in [-0.05, 0) is 54.6 Å². The molecule has 0 spiro atoms. The Bertz CT molecular complexity index is 1210. The van der Waals surface area contributed by atoms with Crippen molar-refractivity contribution in [1.82, 2.24) is 9.47 Å². The maximum absolute atomic E-state index is 13.1. The van der Waals surface area contributed by atoms with Crippen LogP contribution in [0.3, 0.4) is 0 Å². The van der Waals surface area contributed by atoms with Crippen LogP contribution in [0.5, 0.6) is 0 Å². The number of hydrogen-bond acceptors (Lipinski definition) is 6. The number of nitrogens with zero attached hydrogens (tertiary/aromatic N) is 2. The van der Waals surface area contributed by atoms with Crippen LogP contribution >= 0.6 is 11.6 Å². The second kappa shape index (κ2) is 10.5. The van der Waals surface area contributed by atoms with Crippen LogP contribution in [-0.4, -0.2) is 59.4 Å². The number of aliphatic hydroxyl groups excluding tert-OH is 1. The Balaban J connectivity index is 1.51. The van der Waals surface area contributed by atoms with E-state index in [9.17, 15) is 14.7 Å². The first-order valence-electron chi connectivity index (χ1n) is 11.0. The molecule has 3 N–H and O–H groups in total. The Labute approximate surface area is 207 Å². The number of likely N-dealkylation sites (tertiary alicyclic amines) is 1. The van der Waals surface area contributed by atoms with E-state index in [0.717, 1.165) is 0 Å². The molecule has 1 fully saturated rings. The number of hydrogen-bond donors (Lipinski definition) is 3. The molecule has 0 bridgehead atoms. The molecule has 1 saturated heterocycles. The molecule has 2 aromatic carbocycles. The van der Waals surface area contributed by atoms with E-state index in [1.54, 1.807) is 66.9 Å². The number of carbonyl (C=O) groups excluding carboxylic acids is 1. The predicted octanol–water partition coefficient (Wildman–Crippen LogP) is 3.52. The minimum absolute atomic E-state index is 0.124. The van der Waals surface area contributed by atoms with Crippen molar-refractivity contribution in [1.29, 1.82) is 0 Å². The van der Waals surface area contributed by atoms with Crippen molar-refractivity contribution in [2.75, 3.05) is 31.4 Å². The van der Waals surface area contributed by atoms with Gasteiger partial charge in [0.25, 0.3) is 5.56 Å². The van der Waals surface area contributed by atoms with Gasteiger partial charge in [0, 0.05) is 55.0 Å². The fourth-order valence-corrected chi connectivity index (χ4v) is 4.23. The molecular formula is C25H27ClN4O5. The number of anilines is 2. The Kier molecular flexibility index (Phi) is 7.42. The SMILES string of the molecule is COC1(OC)C[C@H](C(O)Nc2ccc(-n3ccccc3=O)cc2)N(C(=O)Nc2ccc(Cl)cc2)C1. The lowest BCUT2D eigenvalue weighted by Crippen LogP contribution is -2.47. The molecule has 2 amide bonds. The zero-order chi connectivity index (χ0) is 25.0. The van der Waals surface area contributed by atoms with E-state index in [0.29, 0.717) is 22.1 Å². The Morgan fingerprint density at radius 2 is 1.71 bits per heavy atom. The summed E-state index contributed by atoms with van der Waals surface area (Å²) in [6.45, 7) is 0.124. The van der Waals surface area contributed by atoms with Crippen LogP contribution in [0.15, 0.2) is 77.7 Å². The maximum atomic E-state index is 13.1. The lowest BCUT2D eigenvalue weighted by atomic mass is 10.1. The largest absolute Gasteiger partial charge is 0.372 e. The smallest absolute Gasteiger partial charge is 0.322 e. The van der Waals surface area contributed by atoms with E-state index in [4.69, 9.17) is 21.1 Å². The van der Waals surface area contributed by atoms with Crippen LogP contribution < -0.4 is 16.2 Å². The molecule has 184 valence electrons. The molecular weight excluding hydrogens is 472 g/mol. The molecule has 35 heavy (non-hydrogen) atoms. The van der Waals surface area contributed by atoms with Crippen LogP contribution in [0.2, 0.25) is 5.02 Å². The number of aliphatic hydroxyl groups is 1. The lowest BCUT2D eigenvalue weighted by Gasteiger charge is -2.29. The monoisotopic (exact) mass is 498 g/mol. The van der Waals surface area contributed by atoms with Gasteiger partial charge in [-0.25, -0.2) is 4.79 Å². The lowest BCUT2D eigenvalue weighted by molar-refractivity contribution is -0.195. The third kappa shape index (κ3) is 5.49. The minimum atomic E-state index is -1.12. The standard InChI is InChI=1S/C25H27ClN4O5/c1-34-25(35-2)15-21(30(16-25)24(33)28-19-8-6-17(26)7-9-19)23(32)27-18-10-12-20(13-11-18)29-14-4-3-5-22(29)31/h3-14,21,23,27,32H,15-16H2,1-2H3,(H,28,33)/t21-,23?/m1/s1. The predicted molar refractivity (Wildman–Crippen MR) is 134 cm³/mol. The summed E-state index contributed by atoms with van der Waals surface area (Å²) in [4.78, 5) is 26.7. The number of rotatable bonds is 7. The van der Waals surface area contributed by atoms with Crippen LogP contribution in [-0.2, 0) is 9.47 Å². The van der Waals surface area contributed by atoms with E-state index in [2.05, 4.69) is 10.6 Å². The van der Waals surface area contributed by atoms with Gasteiger partial charge in [0.05, 0.1) is 12.6 Å². The van der Waals surface area contributed by atoms with Gasteiger partial charge in [0.1, 0.15) is 6.23 Å². The van der Waals surface area contributed by atoms with Gasteiger partial charge in [-0.15, -0.1) is 0 Å². The summed E-state index contributed by atoms with van der Waals surface area (Å²) in [5.41, 5.74) is 1.74. The number of aromatic nitrogens is 1. The van der Waals surface area contributed by atoms with Gasteiger partial charge >= 0.3 is 6.03 Å². The van der Waals surface area contributed by atoms with E-state index in [-0.39, 0.29) is 18.5 Å². The van der Waals surface area contributed by atoms with Gasteiger partial charge in [-0.3, -0.25) is 9.36 Å². The first-order valence-corrected chi connectivity index (χ1v) is 11.4. The third-order valence-corrected chi connectivity index (χ3v) is 6.33. The first kappa shape index (κ1) is 24.7. The van der Waals surface area contributed by atoms with Crippen molar-refractivity contribution in [2.45, 2.75) is 24.5 Å². The molecule has 10 heteroatoms. The highest BCUT2D eigenvalue weighted by Crippen LogP contribution is 2.33. The molecule has 1 aliphatic rings. The summed E-state index contributed by atoms with van der Waals surface area (Å²) in [5.74, 6) is -1.05. The van der Waals surface area contributed by atoms with Gasteiger partial charge in [0.15, 0.2) is 5.79 Å². The molecule has 9 nitrogen and oxygen atoms in total. The van der Waals surface area contributed by atoms with Crippen LogP contribution in [0.25, 0.3) is 5.69 Å². The molecule has 0 aliphatic carbocycles. The maximum Gasteiger partial charge on any atom is 0.322 e. The molecule has 1 aromatic heterocycles. The number of methoxy groups -OCH3 is 2. The number of carbonyl (C=O) groups is 1. The summed E-state index contributed by atoms with van der Waals surface area (Å²) in [7, 11) is 3.01. The fourth-order valence-electron chi connectivity index (χ4n) is 4.11. The second-order valence-electron chi connectivity index (χ2n) is 8.20. The molecule has 0 radical (unpaired) electrons. The van der Waals surface area contributed by atoms with Gasteiger partial charge in [-0.1, -0.05) is 17.7 Å². The zero-order valence-electron chi connectivity index (χ0n) is 19.3. The number of ether oxygens (including phenoxy) is 2. The molecule has 0 saturated carbocycles. The fraction of sp³-hybridized carbons (Fsp3) is 0.280. The quantitative estimate of drug-likeness (QED) is 0.430. The molecule has 2 atom stereocenters. The number of halogens is 1. The number of urea groups is 1. The molecule has 1 aliphatic heterocycles. The highest BCUT2D eigenvalue weighted by molar-refractivity contribution is 6.30. The van der Waals surface area contributed by atoms with Gasteiger partial charge < -0.3 is 30.1 Å². The van der Waals surface area contributed by atoms with Crippen LogP contribution in [0.4, 0.5) is 16.2 Å². The van der Waals surface area contributed by atoms with Gasteiger partial charge in [-0.2, -0.15) is 0 Å². The highest BCUT2D eigenvalue weighted by Gasteiger charge is 2.49. The van der Waals surface area contributed by atoms with Gasteiger partial charge in [0.2, 0.25) is 0 Å². The molecule has 2 heterocycles. The first-order chi connectivity index (χ1) is 16.8. The van der Waals surface area contributed by atoms with E-state index in [1.807, 2.05) is 0 Å². The summed E-state index contributed by atoms with van der Waals surface area (Å²) < 4.78 is 12.7. The van der Waals surface area contributed by atoms with Crippen molar-refractivity contribution < 1.29 is 19.4 Å². The van der Waals surface area contributed by atoms with E-state index >= 15 is 0 Å². The second-order valence-corrected chi connectivity index (χ2v) is 8.64. The molecule has 1 unspecified atom stereocenters. The van der Waals surface area contributed by atoms with Crippen molar-refractivity contribution >= 4 is 29.0 Å². The van der Waals surface area contributed by atoms with E-state index < -0.39 is 24.1 Å². The summed E-state index contributed by atoms with van der Waals surface area (Å²) in [6.07, 6.45) is 0.813. The van der Waals surface area contributed by atoms with Crippen molar-refractivity contribution in [2.24, 2.45) is 0 Å². The number of amides is 2. The number of benzene rings is 2. The number of pyridine rings is 1. The van der Waals surface area contributed by atoms with E-state index in [1.165, 1.54) is 29.8 Å². The summed E-state index contributed by atoms with van der Waals surface area (Å²) in [6, 6.07) is 17.7.